The first-order chi connectivity index (χ1) is 16.0. The molecule has 0 aromatic carbocycles. The number of hydrogen-bond donors (Lipinski definition) is 1. The van der Waals surface area contributed by atoms with Gasteiger partial charge in [-0.2, -0.15) is 4.98 Å². The Kier molecular flexibility index (Phi) is 7.61. The van der Waals surface area contributed by atoms with Gasteiger partial charge in [0.25, 0.3) is 0 Å². The van der Waals surface area contributed by atoms with Gasteiger partial charge in [0.1, 0.15) is 10.8 Å². The molecular weight excluding hydrogens is 464 g/mol. The van der Waals surface area contributed by atoms with E-state index in [1.54, 1.807) is 29.2 Å². The van der Waals surface area contributed by atoms with E-state index in [-0.39, 0.29) is 29.7 Å². The summed E-state index contributed by atoms with van der Waals surface area (Å²) in [5, 5.41) is 5.50. The van der Waals surface area contributed by atoms with E-state index in [1.807, 2.05) is 6.07 Å². The van der Waals surface area contributed by atoms with Gasteiger partial charge in [-0.05, 0) is 44.7 Å². The summed E-state index contributed by atoms with van der Waals surface area (Å²) in [5.74, 6) is 0.211. The van der Waals surface area contributed by atoms with E-state index in [2.05, 4.69) is 15.3 Å². The zero-order valence-electron chi connectivity index (χ0n) is 18.2. The van der Waals surface area contributed by atoms with Gasteiger partial charge in [-0.1, -0.05) is 11.8 Å². The molecule has 0 atom stereocenters. The number of ether oxygens (including phenoxy) is 1. The van der Waals surface area contributed by atoms with Gasteiger partial charge in [0, 0.05) is 16.6 Å². The minimum atomic E-state index is -0.353. The van der Waals surface area contributed by atoms with Crippen LogP contribution in [0, 0.1) is 0 Å². The zero-order chi connectivity index (χ0) is 23.2. The lowest BCUT2D eigenvalue weighted by Crippen LogP contribution is -2.30. The van der Waals surface area contributed by atoms with Gasteiger partial charge in [-0.25, -0.2) is 9.78 Å². The largest absolute Gasteiger partial charge is 0.467 e. The van der Waals surface area contributed by atoms with Crippen LogP contribution in [0.5, 0.6) is 0 Å². The monoisotopic (exact) mass is 488 g/mol. The number of furan rings is 1. The summed E-state index contributed by atoms with van der Waals surface area (Å²) >= 11 is 2.51. The number of rotatable bonds is 9. The number of anilines is 1. The molecule has 1 aliphatic rings. The lowest BCUT2D eigenvalue weighted by atomic mass is 9.97. The second-order valence-corrected chi connectivity index (χ2v) is 9.28. The average molecular weight is 489 g/mol. The van der Waals surface area contributed by atoms with Gasteiger partial charge in [0.15, 0.2) is 5.13 Å². The molecule has 3 heterocycles. The van der Waals surface area contributed by atoms with Gasteiger partial charge in [0.05, 0.1) is 37.3 Å². The third-order valence-electron chi connectivity index (χ3n) is 5.11. The highest BCUT2D eigenvalue weighted by Gasteiger charge is 2.22. The Morgan fingerprint density at radius 3 is 2.94 bits per heavy atom. The molecule has 4 rings (SSSR count). The molecule has 3 aromatic rings. The van der Waals surface area contributed by atoms with Crippen LogP contribution in [-0.2, 0) is 40.1 Å². The van der Waals surface area contributed by atoms with E-state index >= 15 is 0 Å². The Balaban J connectivity index is 1.41. The lowest BCUT2D eigenvalue weighted by Gasteiger charge is -2.22. The van der Waals surface area contributed by atoms with E-state index in [0.29, 0.717) is 34.8 Å². The van der Waals surface area contributed by atoms with Crippen LogP contribution in [0.15, 0.2) is 38.0 Å². The molecule has 11 heteroatoms. The SMILES string of the molecule is CCOC(=O)Cc1csc(NC(=O)CSc2nc(=O)n(Cc3ccco3)c3c2CCCC3)n1. The number of thiazole rings is 1. The summed E-state index contributed by atoms with van der Waals surface area (Å²) in [5.41, 5.74) is 2.23. The number of amides is 1. The number of nitrogens with one attached hydrogen (secondary N) is 1. The van der Waals surface area contributed by atoms with E-state index in [0.717, 1.165) is 36.9 Å². The van der Waals surface area contributed by atoms with Gasteiger partial charge in [-0.15, -0.1) is 11.3 Å². The van der Waals surface area contributed by atoms with Gasteiger partial charge < -0.3 is 14.5 Å². The second-order valence-electron chi connectivity index (χ2n) is 7.46. The molecule has 0 bridgehead atoms. The summed E-state index contributed by atoms with van der Waals surface area (Å²) in [7, 11) is 0. The standard InChI is InChI=1S/C22H24N4O5S2/c1-2-30-19(28)10-14-12-33-21(23-14)24-18(27)13-32-20-16-7-3-4-8-17(16)26(22(29)25-20)11-15-6-5-9-31-15/h5-6,9,12H,2-4,7-8,10-11,13H2,1H3,(H,23,24,27). The van der Waals surface area contributed by atoms with Gasteiger partial charge in [-0.3, -0.25) is 14.2 Å². The maximum atomic E-state index is 12.8. The third-order valence-corrected chi connectivity index (χ3v) is 6.94. The van der Waals surface area contributed by atoms with Gasteiger partial charge >= 0.3 is 11.7 Å². The Morgan fingerprint density at radius 1 is 1.30 bits per heavy atom. The summed E-state index contributed by atoms with van der Waals surface area (Å²) in [4.78, 5) is 45.3. The highest BCUT2D eigenvalue weighted by atomic mass is 32.2. The predicted molar refractivity (Wildman–Crippen MR) is 125 cm³/mol. The number of esters is 1. The van der Waals surface area contributed by atoms with Crippen molar-refractivity contribution >= 4 is 40.1 Å². The number of nitrogens with zero attached hydrogens (tertiary/aromatic N) is 3. The van der Waals surface area contributed by atoms with Crippen LogP contribution in [0.1, 0.15) is 42.5 Å². The number of carbonyl (C=O) groups excluding carboxylic acids is 2. The quantitative estimate of drug-likeness (QED) is 0.278. The van der Waals surface area contributed by atoms with E-state index in [4.69, 9.17) is 9.15 Å². The van der Waals surface area contributed by atoms with Crippen LogP contribution in [0.3, 0.4) is 0 Å². The second kappa shape index (κ2) is 10.8. The molecule has 1 amide bonds. The highest BCUT2D eigenvalue weighted by Crippen LogP contribution is 2.29. The number of carbonyl (C=O) groups is 2. The summed E-state index contributed by atoms with van der Waals surface area (Å²) in [6.45, 7) is 2.41. The molecule has 0 aliphatic heterocycles. The van der Waals surface area contributed by atoms with Crippen LogP contribution in [0.4, 0.5) is 5.13 Å². The average Bonchev–Trinajstić information content (AvgIpc) is 3.47. The fourth-order valence-corrected chi connectivity index (χ4v) is 5.29. The van der Waals surface area contributed by atoms with Gasteiger partial charge in [0.2, 0.25) is 5.91 Å². The molecule has 9 nitrogen and oxygen atoms in total. The first kappa shape index (κ1) is 23.2. The topological polar surface area (TPSA) is 116 Å². The molecule has 0 fully saturated rings. The predicted octanol–water partition coefficient (Wildman–Crippen LogP) is 3.06. The molecule has 174 valence electrons. The normalized spacial score (nSPS) is 12.9. The molecular formula is C22H24N4O5S2. The first-order valence-electron chi connectivity index (χ1n) is 10.7. The van der Waals surface area contributed by atoms with Crippen LogP contribution in [-0.4, -0.2) is 38.8 Å². The number of fused-ring (bicyclic) bond motifs is 1. The molecule has 0 unspecified atom stereocenters. The van der Waals surface area contributed by atoms with Crippen molar-refractivity contribution in [2.45, 2.75) is 50.6 Å². The van der Waals surface area contributed by atoms with E-state index in [1.165, 1.54) is 23.1 Å². The smallest absolute Gasteiger partial charge is 0.349 e. The zero-order valence-corrected chi connectivity index (χ0v) is 19.8. The van der Waals surface area contributed by atoms with Crippen molar-refractivity contribution < 1.29 is 18.7 Å². The minimum Gasteiger partial charge on any atom is -0.467 e. The molecule has 0 spiro atoms. The maximum Gasteiger partial charge on any atom is 0.349 e. The van der Waals surface area contributed by atoms with E-state index < -0.39 is 0 Å². The molecule has 0 radical (unpaired) electrons. The fraction of sp³-hybridized carbons (Fsp3) is 0.409. The van der Waals surface area contributed by atoms with Crippen LogP contribution < -0.4 is 11.0 Å². The van der Waals surface area contributed by atoms with Crippen molar-refractivity contribution in [1.82, 2.24) is 14.5 Å². The molecule has 33 heavy (non-hydrogen) atoms. The lowest BCUT2D eigenvalue weighted by molar-refractivity contribution is -0.142. The van der Waals surface area contributed by atoms with Crippen LogP contribution in [0.25, 0.3) is 0 Å². The van der Waals surface area contributed by atoms with E-state index in [9.17, 15) is 14.4 Å². The number of hydrogen-bond acceptors (Lipinski definition) is 9. The van der Waals surface area contributed by atoms with Crippen molar-refractivity contribution in [3.63, 3.8) is 0 Å². The third kappa shape index (κ3) is 5.91. The molecule has 0 saturated heterocycles. The molecule has 1 N–H and O–H groups in total. The van der Waals surface area contributed by atoms with Crippen molar-refractivity contribution in [3.05, 3.63) is 57.0 Å². The molecule has 0 saturated carbocycles. The van der Waals surface area contributed by atoms with Crippen molar-refractivity contribution in [1.29, 1.82) is 0 Å². The van der Waals surface area contributed by atoms with Crippen LogP contribution in [0.2, 0.25) is 0 Å². The summed E-state index contributed by atoms with van der Waals surface area (Å²) in [6, 6.07) is 3.64. The van der Waals surface area contributed by atoms with Crippen molar-refractivity contribution in [3.8, 4) is 0 Å². The summed E-state index contributed by atoms with van der Waals surface area (Å²) < 4.78 is 12.0. The molecule has 3 aromatic heterocycles. The maximum absolute atomic E-state index is 12.8. The Hall–Kier alpha value is -2.92. The molecule has 1 aliphatic carbocycles. The van der Waals surface area contributed by atoms with Crippen LogP contribution >= 0.6 is 23.1 Å². The number of aromatic nitrogens is 3. The minimum absolute atomic E-state index is 0.0688. The Bertz CT molecular complexity index is 1190. The fourth-order valence-electron chi connectivity index (χ4n) is 3.68. The van der Waals surface area contributed by atoms with Crippen molar-refractivity contribution in [2.24, 2.45) is 0 Å². The Morgan fingerprint density at radius 2 is 2.15 bits per heavy atom. The van der Waals surface area contributed by atoms with Crippen molar-refractivity contribution in [2.75, 3.05) is 17.7 Å². The Labute approximate surface area is 198 Å². The summed E-state index contributed by atoms with van der Waals surface area (Å²) in [6.07, 6.45) is 5.32. The first-order valence-corrected chi connectivity index (χ1v) is 12.6. The highest BCUT2D eigenvalue weighted by molar-refractivity contribution is 8.00. The number of thioether (sulfide) groups is 1.